The molecule has 2 N–H and O–H groups in total. The molecule has 0 atom stereocenters. The van der Waals surface area contributed by atoms with Gasteiger partial charge in [0, 0.05) is 21.1 Å². The Kier molecular flexibility index (Phi) is 10.6. The molecular formula is C30H26N2O2PPt+. The van der Waals surface area contributed by atoms with E-state index in [1.807, 2.05) is 0 Å². The van der Waals surface area contributed by atoms with Crippen LogP contribution in [0.15, 0.2) is 150 Å². The van der Waals surface area contributed by atoms with Gasteiger partial charge in [0.25, 0.3) is 0 Å². The summed E-state index contributed by atoms with van der Waals surface area (Å²) >= 11 is 0. The number of para-hydroxylation sites is 2. The number of phenolic OH excluding ortho intramolecular Hbond substituents is 2. The second kappa shape index (κ2) is 14.1. The van der Waals surface area contributed by atoms with Crippen LogP contribution in [0.25, 0.3) is 0 Å². The summed E-state index contributed by atoms with van der Waals surface area (Å²) in [5.41, 5.74) is 0.733. The molecule has 5 rings (SSSR count). The average molecular weight is 673 g/mol. The number of benzene rings is 5. The van der Waals surface area contributed by atoms with E-state index in [9.17, 15) is 10.2 Å². The van der Waals surface area contributed by atoms with Gasteiger partial charge >= 0.3 is 0 Å². The van der Waals surface area contributed by atoms with Crippen LogP contribution in [0.1, 0.15) is 0 Å². The van der Waals surface area contributed by atoms with Crippen LogP contribution in [0.2, 0.25) is 0 Å². The van der Waals surface area contributed by atoms with Crippen molar-refractivity contribution in [1.29, 1.82) is 0 Å². The van der Waals surface area contributed by atoms with Crippen LogP contribution in [0.5, 0.6) is 11.5 Å². The molecule has 0 saturated heterocycles. The van der Waals surface area contributed by atoms with Crippen LogP contribution >= 0.6 is 7.92 Å². The Hall–Kier alpha value is -3.58. The SMILES string of the molecule is Oc1ccccc1N=Nc1ccccc1O.[Pt].c1ccc([PH+](c2ccccc2)c2ccccc2)cc1. The first-order valence-corrected chi connectivity index (χ1v) is 12.7. The van der Waals surface area contributed by atoms with Gasteiger partial charge in [0.15, 0.2) is 0 Å². The monoisotopic (exact) mass is 672 g/mol. The van der Waals surface area contributed by atoms with Crippen LogP contribution in [0.3, 0.4) is 0 Å². The Morgan fingerprint density at radius 3 is 0.972 bits per heavy atom. The largest absolute Gasteiger partial charge is 0.506 e. The van der Waals surface area contributed by atoms with Gasteiger partial charge in [-0.3, -0.25) is 0 Å². The molecule has 0 radical (unpaired) electrons. The predicted octanol–water partition coefficient (Wildman–Crippen LogP) is 6.69. The minimum Gasteiger partial charge on any atom is -0.506 e. The molecule has 182 valence electrons. The molecule has 5 aromatic rings. The number of nitrogens with zero attached hydrogens (tertiary/aromatic N) is 2. The van der Waals surface area contributed by atoms with Crippen molar-refractivity contribution in [2.24, 2.45) is 10.2 Å². The summed E-state index contributed by atoms with van der Waals surface area (Å²) in [5, 5.41) is 30.9. The van der Waals surface area contributed by atoms with Crippen molar-refractivity contribution in [1.82, 2.24) is 0 Å². The maximum atomic E-state index is 9.44. The Morgan fingerprint density at radius 1 is 0.389 bits per heavy atom. The second-order valence-corrected chi connectivity index (χ2v) is 10.1. The fraction of sp³-hybridized carbons (Fsp3) is 0. The van der Waals surface area contributed by atoms with Crippen molar-refractivity contribution in [2.75, 3.05) is 0 Å². The van der Waals surface area contributed by atoms with Crippen molar-refractivity contribution in [3.8, 4) is 11.5 Å². The number of hydrogen-bond donors (Lipinski definition) is 2. The molecule has 0 amide bonds. The van der Waals surface area contributed by atoms with Crippen LogP contribution < -0.4 is 15.9 Å². The van der Waals surface area contributed by atoms with Gasteiger partial charge in [0.2, 0.25) is 0 Å². The van der Waals surface area contributed by atoms with Crippen molar-refractivity contribution < 1.29 is 31.3 Å². The molecule has 0 bridgehead atoms. The van der Waals surface area contributed by atoms with E-state index in [4.69, 9.17) is 0 Å². The molecule has 6 heteroatoms. The molecule has 0 fully saturated rings. The molecule has 0 aliphatic carbocycles. The van der Waals surface area contributed by atoms with Gasteiger partial charge in [-0.2, -0.15) is 0 Å². The Labute approximate surface area is 227 Å². The summed E-state index contributed by atoms with van der Waals surface area (Å²) in [4.78, 5) is 0. The number of rotatable bonds is 5. The first-order chi connectivity index (χ1) is 17.2. The zero-order valence-corrected chi connectivity index (χ0v) is 22.7. The van der Waals surface area contributed by atoms with Gasteiger partial charge in [-0.25, -0.2) is 0 Å². The van der Waals surface area contributed by atoms with E-state index in [2.05, 4.69) is 101 Å². The summed E-state index contributed by atoms with van der Waals surface area (Å²) in [5.74, 6) is 0.114. The zero-order valence-electron chi connectivity index (χ0n) is 19.4. The molecule has 0 aliphatic heterocycles. The van der Waals surface area contributed by atoms with Crippen molar-refractivity contribution >= 4 is 35.2 Å². The Balaban J connectivity index is 0.000000198. The predicted molar refractivity (Wildman–Crippen MR) is 147 cm³/mol. The van der Waals surface area contributed by atoms with E-state index >= 15 is 0 Å². The van der Waals surface area contributed by atoms with Gasteiger partial charge in [0.1, 0.15) is 38.8 Å². The number of azo groups is 1. The maximum absolute atomic E-state index is 9.44. The van der Waals surface area contributed by atoms with Crippen LogP contribution in [-0.4, -0.2) is 10.2 Å². The van der Waals surface area contributed by atoms with Crippen LogP contribution in [-0.2, 0) is 21.1 Å². The zero-order chi connectivity index (χ0) is 24.3. The van der Waals surface area contributed by atoms with E-state index in [1.165, 1.54) is 28.0 Å². The smallest absolute Gasteiger partial charge is 0.143 e. The van der Waals surface area contributed by atoms with E-state index in [0.29, 0.717) is 11.4 Å². The van der Waals surface area contributed by atoms with Gasteiger partial charge in [-0.15, -0.1) is 10.2 Å². The normalized spacial score (nSPS) is 10.4. The van der Waals surface area contributed by atoms with Gasteiger partial charge < -0.3 is 10.2 Å². The van der Waals surface area contributed by atoms with Crippen molar-refractivity contribution in [3.63, 3.8) is 0 Å². The summed E-state index contributed by atoms with van der Waals surface area (Å²) in [6.07, 6.45) is 0. The number of hydrogen-bond acceptors (Lipinski definition) is 4. The van der Waals surface area contributed by atoms with Crippen LogP contribution in [0.4, 0.5) is 11.4 Å². The van der Waals surface area contributed by atoms with E-state index in [0.717, 1.165) is 0 Å². The minimum atomic E-state index is -0.877. The second-order valence-electron chi connectivity index (χ2n) is 7.65. The molecule has 0 spiro atoms. The van der Waals surface area contributed by atoms with E-state index < -0.39 is 7.92 Å². The quantitative estimate of drug-likeness (QED) is 0.162. The van der Waals surface area contributed by atoms with Crippen LogP contribution in [0, 0.1) is 0 Å². The van der Waals surface area contributed by atoms with Gasteiger partial charge in [0.05, 0.1) is 7.92 Å². The van der Waals surface area contributed by atoms with Crippen molar-refractivity contribution in [3.05, 3.63) is 140 Å². The molecule has 0 heterocycles. The van der Waals surface area contributed by atoms with Gasteiger partial charge in [-0.1, -0.05) is 78.9 Å². The fourth-order valence-electron chi connectivity index (χ4n) is 3.52. The topological polar surface area (TPSA) is 65.2 Å². The summed E-state index contributed by atoms with van der Waals surface area (Å²) in [6.45, 7) is 0. The molecular weight excluding hydrogens is 646 g/mol. The molecule has 36 heavy (non-hydrogen) atoms. The molecule has 0 aliphatic rings. The summed E-state index contributed by atoms with van der Waals surface area (Å²) < 4.78 is 0. The molecule has 5 aromatic carbocycles. The first-order valence-electron chi connectivity index (χ1n) is 11.2. The Bertz CT molecular complexity index is 1230. The van der Waals surface area contributed by atoms with Crippen molar-refractivity contribution in [2.45, 2.75) is 0 Å². The fourth-order valence-corrected chi connectivity index (χ4v) is 6.10. The maximum Gasteiger partial charge on any atom is 0.143 e. The molecule has 4 nitrogen and oxygen atoms in total. The average Bonchev–Trinajstić information content (AvgIpc) is 2.92. The summed E-state index contributed by atoms with van der Waals surface area (Å²) in [6, 6.07) is 45.7. The standard InChI is InChI=1S/C18H15P.C12H10N2O2.Pt/c1-4-10-16(11-5-1)19(17-12-6-2-7-13-17)18-14-8-3-9-15-18;15-11-7-3-1-5-9(11)13-14-10-6-2-4-8-12(10)16;/h1-15H;1-8,15-16H;/p+1. The number of aromatic hydroxyl groups is 2. The Morgan fingerprint density at radius 2 is 0.667 bits per heavy atom. The minimum absolute atomic E-state index is 0. The first kappa shape index (κ1) is 27.0. The van der Waals surface area contributed by atoms with Gasteiger partial charge in [-0.05, 0) is 60.7 Å². The molecule has 0 saturated carbocycles. The third-order valence-electron chi connectivity index (χ3n) is 5.22. The third-order valence-corrected chi connectivity index (χ3v) is 7.95. The summed E-state index contributed by atoms with van der Waals surface area (Å²) in [7, 11) is -0.877. The van der Waals surface area contributed by atoms with E-state index in [1.54, 1.807) is 36.4 Å². The molecule has 0 aromatic heterocycles. The van der Waals surface area contributed by atoms with E-state index in [-0.39, 0.29) is 32.6 Å². The molecule has 0 unspecified atom stereocenters. The number of phenols is 2. The third kappa shape index (κ3) is 7.46.